The molecule has 0 aliphatic heterocycles. The SMILES string of the molecule is CCc1c(C)nn(-c2cnc(C(=N)N)cn2)c1C. The molecular formula is C12H16N6. The van der Waals surface area contributed by atoms with Crippen molar-refractivity contribution in [3.05, 3.63) is 35.0 Å². The Balaban J connectivity index is 2.46. The standard InChI is InChI=1S/C12H16N6/c1-4-9-7(2)17-18(8(9)3)11-6-15-10(5-16-11)12(13)14/h5-6H,4H2,1-3H3,(H3,13,14). The smallest absolute Gasteiger partial charge is 0.172 e. The molecule has 2 aromatic rings. The number of nitrogen functional groups attached to an aromatic ring is 1. The van der Waals surface area contributed by atoms with Gasteiger partial charge in [-0.15, -0.1) is 0 Å². The van der Waals surface area contributed by atoms with Crippen LogP contribution in [-0.2, 0) is 6.42 Å². The molecule has 0 saturated heterocycles. The Kier molecular flexibility index (Phi) is 3.10. The average molecular weight is 244 g/mol. The second-order valence-corrected chi connectivity index (χ2v) is 4.09. The van der Waals surface area contributed by atoms with Crippen molar-refractivity contribution in [1.29, 1.82) is 5.41 Å². The fourth-order valence-corrected chi connectivity index (χ4v) is 1.98. The van der Waals surface area contributed by atoms with Crippen LogP contribution in [-0.4, -0.2) is 25.6 Å². The molecule has 6 heteroatoms. The molecular weight excluding hydrogens is 228 g/mol. The summed E-state index contributed by atoms with van der Waals surface area (Å²) >= 11 is 0. The summed E-state index contributed by atoms with van der Waals surface area (Å²) in [7, 11) is 0. The lowest BCUT2D eigenvalue weighted by atomic mass is 10.1. The van der Waals surface area contributed by atoms with Crippen LogP contribution < -0.4 is 5.73 Å². The molecule has 2 rings (SSSR count). The van der Waals surface area contributed by atoms with Crippen LogP contribution in [0.2, 0.25) is 0 Å². The Morgan fingerprint density at radius 1 is 1.33 bits per heavy atom. The first-order chi connectivity index (χ1) is 8.54. The first kappa shape index (κ1) is 12.2. The first-order valence-electron chi connectivity index (χ1n) is 5.76. The van der Waals surface area contributed by atoms with Gasteiger partial charge in [0.25, 0.3) is 0 Å². The molecule has 0 amide bonds. The zero-order chi connectivity index (χ0) is 13.3. The fourth-order valence-electron chi connectivity index (χ4n) is 1.98. The molecule has 18 heavy (non-hydrogen) atoms. The molecule has 3 N–H and O–H groups in total. The summed E-state index contributed by atoms with van der Waals surface area (Å²) in [6, 6.07) is 0. The highest BCUT2D eigenvalue weighted by Crippen LogP contribution is 2.16. The van der Waals surface area contributed by atoms with Gasteiger partial charge in [-0.2, -0.15) is 5.10 Å². The minimum absolute atomic E-state index is 0.0864. The molecule has 0 aromatic carbocycles. The quantitative estimate of drug-likeness (QED) is 0.625. The maximum atomic E-state index is 7.27. The maximum Gasteiger partial charge on any atom is 0.172 e. The van der Waals surface area contributed by atoms with Crippen molar-refractivity contribution in [2.75, 3.05) is 0 Å². The van der Waals surface area contributed by atoms with E-state index in [4.69, 9.17) is 11.1 Å². The minimum atomic E-state index is -0.0864. The van der Waals surface area contributed by atoms with E-state index >= 15 is 0 Å². The molecule has 0 bridgehead atoms. The van der Waals surface area contributed by atoms with Gasteiger partial charge in [-0.05, 0) is 25.8 Å². The van der Waals surface area contributed by atoms with Crippen LogP contribution in [0.25, 0.3) is 5.82 Å². The monoisotopic (exact) mass is 244 g/mol. The normalized spacial score (nSPS) is 10.6. The van der Waals surface area contributed by atoms with Crippen LogP contribution in [0.1, 0.15) is 29.6 Å². The largest absolute Gasteiger partial charge is 0.382 e. The fraction of sp³-hybridized carbons (Fsp3) is 0.333. The van der Waals surface area contributed by atoms with Gasteiger partial charge in [-0.25, -0.2) is 14.6 Å². The number of nitrogens with two attached hydrogens (primary N) is 1. The molecule has 0 atom stereocenters. The summed E-state index contributed by atoms with van der Waals surface area (Å²) in [5.41, 5.74) is 9.02. The number of nitrogens with one attached hydrogen (secondary N) is 1. The van der Waals surface area contributed by atoms with Crippen LogP contribution >= 0.6 is 0 Å². The van der Waals surface area contributed by atoms with Gasteiger partial charge in [0.15, 0.2) is 5.82 Å². The highest BCUT2D eigenvalue weighted by molar-refractivity contribution is 5.92. The molecule has 0 spiro atoms. The number of nitrogens with zero attached hydrogens (tertiary/aromatic N) is 4. The number of aromatic nitrogens is 4. The van der Waals surface area contributed by atoms with E-state index < -0.39 is 0 Å². The summed E-state index contributed by atoms with van der Waals surface area (Å²) in [6.07, 6.45) is 4.01. The Morgan fingerprint density at radius 3 is 2.50 bits per heavy atom. The third-order valence-corrected chi connectivity index (χ3v) is 2.93. The molecule has 2 heterocycles. The molecule has 0 radical (unpaired) electrons. The van der Waals surface area contributed by atoms with Gasteiger partial charge in [-0.1, -0.05) is 6.92 Å². The second kappa shape index (κ2) is 4.56. The van der Waals surface area contributed by atoms with Crippen LogP contribution in [0.15, 0.2) is 12.4 Å². The molecule has 94 valence electrons. The summed E-state index contributed by atoms with van der Waals surface area (Å²) in [4.78, 5) is 8.32. The highest BCUT2D eigenvalue weighted by Gasteiger charge is 2.12. The van der Waals surface area contributed by atoms with E-state index in [-0.39, 0.29) is 5.84 Å². The summed E-state index contributed by atoms with van der Waals surface area (Å²) in [5.74, 6) is 0.553. The van der Waals surface area contributed by atoms with Crippen LogP contribution in [0, 0.1) is 19.3 Å². The van der Waals surface area contributed by atoms with E-state index in [0.29, 0.717) is 11.5 Å². The van der Waals surface area contributed by atoms with E-state index in [1.54, 1.807) is 10.9 Å². The summed E-state index contributed by atoms with van der Waals surface area (Å²) < 4.78 is 1.77. The lowest BCUT2D eigenvalue weighted by Gasteiger charge is -2.04. The van der Waals surface area contributed by atoms with Crippen molar-refractivity contribution in [1.82, 2.24) is 19.7 Å². The Labute approximate surface area is 105 Å². The summed E-state index contributed by atoms with van der Waals surface area (Å²) in [5, 5.41) is 11.7. The van der Waals surface area contributed by atoms with E-state index in [0.717, 1.165) is 17.8 Å². The Bertz CT molecular complexity index is 581. The zero-order valence-corrected chi connectivity index (χ0v) is 10.7. The predicted molar refractivity (Wildman–Crippen MR) is 69.0 cm³/mol. The van der Waals surface area contributed by atoms with Crippen molar-refractivity contribution < 1.29 is 0 Å². The predicted octanol–water partition coefficient (Wildman–Crippen LogP) is 1.13. The topological polar surface area (TPSA) is 93.5 Å². The van der Waals surface area contributed by atoms with Gasteiger partial charge in [0.1, 0.15) is 11.5 Å². The number of aryl methyl sites for hydroxylation is 1. The highest BCUT2D eigenvalue weighted by atomic mass is 15.3. The van der Waals surface area contributed by atoms with Crippen LogP contribution in [0.5, 0.6) is 0 Å². The van der Waals surface area contributed by atoms with Gasteiger partial charge >= 0.3 is 0 Å². The van der Waals surface area contributed by atoms with E-state index in [2.05, 4.69) is 22.0 Å². The molecule has 6 nitrogen and oxygen atoms in total. The van der Waals surface area contributed by atoms with Gasteiger partial charge in [0.05, 0.1) is 18.1 Å². The zero-order valence-electron chi connectivity index (χ0n) is 10.7. The number of hydrogen-bond donors (Lipinski definition) is 2. The third-order valence-electron chi connectivity index (χ3n) is 2.93. The van der Waals surface area contributed by atoms with Crippen molar-refractivity contribution >= 4 is 5.84 Å². The van der Waals surface area contributed by atoms with Gasteiger partial charge in [-0.3, -0.25) is 5.41 Å². The van der Waals surface area contributed by atoms with Gasteiger partial charge in [0, 0.05) is 5.69 Å². The molecule has 0 fully saturated rings. The molecule has 0 aliphatic rings. The van der Waals surface area contributed by atoms with Crippen molar-refractivity contribution in [2.45, 2.75) is 27.2 Å². The van der Waals surface area contributed by atoms with E-state index in [9.17, 15) is 0 Å². The first-order valence-corrected chi connectivity index (χ1v) is 5.76. The Hall–Kier alpha value is -2.24. The molecule has 0 aliphatic carbocycles. The van der Waals surface area contributed by atoms with Gasteiger partial charge in [0.2, 0.25) is 0 Å². The van der Waals surface area contributed by atoms with Crippen molar-refractivity contribution in [3.63, 3.8) is 0 Å². The molecule has 0 saturated carbocycles. The summed E-state index contributed by atoms with van der Waals surface area (Å²) in [6.45, 7) is 6.10. The lowest BCUT2D eigenvalue weighted by Crippen LogP contribution is -2.14. The lowest BCUT2D eigenvalue weighted by molar-refractivity contribution is 0.797. The Morgan fingerprint density at radius 2 is 2.06 bits per heavy atom. The second-order valence-electron chi connectivity index (χ2n) is 4.09. The van der Waals surface area contributed by atoms with Crippen molar-refractivity contribution in [3.8, 4) is 5.82 Å². The van der Waals surface area contributed by atoms with Gasteiger partial charge < -0.3 is 5.73 Å². The minimum Gasteiger partial charge on any atom is -0.382 e. The van der Waals surface area contributed by atoms with E-state index in [1.165, 1.54) is 11.8 Å². The average Bonchev–Trinajstić information content (AvgIpc) is 2.64. The van der Waals surface area contributed by atoms with Crippen molar-refractivity contribution in [2.24, 2.45) is 5.73 Å². The van der Waals surface area contributed by atoms with E-state index in [1.807, 2.05) is 13.8 Å². The number of rotatable bonds is 3. The molecule has 2 aromatic heterocycles. The molecule has 0 unspecified atom stereocenters. The number of amidine groups is 1. The third kappa shape index (κ3) is 1.97. The van der Waals surface area contributed by atoms with Crippen LogP contribution in [0.3, 0.4) is 0 Å². The maximum absolute atomic E-state index is 7.27. The number of hydrogen-bond acceptors (Lipinski definition) is 4. The van der Waals surface area contributed by atoms with Crippen LogP contribution in [0.4, 0.5) is 0 Å².